The first-order chi connectivity index (χ1) is 9.10. The van der Waals surface area contributed by atoms with Crippen LogP contribution in [0.5, 0.6) is 11.6 Å². The Labute approximate surface area is 130 Å². The van der Waals surface area contributed by atoms with Gasteiger partial charge in [0.2, 0.25) is 5.88 Å². The van der Waals surface area contributed by atoms with Gasteiger partial charge in [-0.05, 0) is 34.5 Å². The molecule has 0 radical (unpaired) electrons. The standard InChI is InChI=1S/C13H11BrCl2N2O/c1-2-4-11-17-10(14)7-12(18-11)19-9-6-3-5-8(15)13(9)16/h3,5-7H,2,4H2,1H3. The predicted octanol–water partition coefficient (Wildman–Crippen LogP) is 5.29. The number of nitrogens with zero attached hydrogens (tertiary/aromatic N) is 2. The van der Waals surface area contributed by atoms with E-state index in [9.17, 15) is 0 Å². The maximum absolute atomic E-state index is 6.07. The lowest BCUT2D eigenvalue weighted by Gasteiger charge is -2.09. The van der Waals surface area contributed by atoms with Crippen LogP contribution in [0.1, 0.15) is 19.2 Å². The Morgan fingerprint density at radius 3 is 2.79 bits per heavy atom. The van der Waals surface area contributed by atoms with Crippen molar-refractivity contribution in [3.05, 3.63) is 44.7 Å². The molecule has 0 bridgehead atoms. The summed E-state index contributed by atoms with van der Waals surface area (Å²) in [5, 5.41) is 0.817. The van der Waals surface area contributed by atoms with E-state index in [1.807, 2.05) is 0 Å². The van der Waals surface area contributed by atoms with Crippen LogP contribution in [0, 0.1) is 0 Å². The molecule has 0 fully saturated rings. The van der Waals surface area contributed by atoms with Crippen LogP contribution in [0.3, 0.4) is 0 Å². The first-order valence-corrected chi connectivity index (χ1v) is 7.30. The molecule has 0 spiro atoms. The van der Waals surface area contributed by atoms with Gasteiger partial charge in [0.05, 0.1) is 5.02 Å². The van der Waals surface area contributed by atoms with Crippen molar-refractivity contribution in [3.63, 3.8) is 0 Å². The van der Waals surface area contributed by atoms with Crippen LogP contribution in [0.25, 0.3) is 0 Å². The molecule has 0 aliphatic rings. The summed E-state index contributed by atoms with van der Waals surface area (Å²) in [6.07, 6.45) is 1.76. The fourth-order valence-electron chi connectivity index (χ4n) is 1.51. The molecule has 0 saturated heterocycles. The molecule has 100 valence electrons. The normalized spacial score (nSPS) is 10.5. The van der Waals surface area contributed by atoms with E-state index in [4.69, 9.17) is 27.9 Å². The van der Waals surface area contributed by atoms with Crippen LogP contribution in [-0.4, -0.2) is 9.97 Å². The maximum atomic E-state index is 6.07. The molecular formula is C13H11BrCl2N2O. The van der Waals surface area contributed by atoms with E-state index in [-0.39, 0.29) is 0 Å². The average Bonchev–Trinajstić information content (AvgIpc) is 2.35. The summed E-state index contributed by atoms with van der Waals surface area (Å²) in [5.74, 6) is 1.64. The van der Waals surface area contributed by atoms with E-state index in [0.29, 0.717) is 26.3 Å². The third-order valence-corrected chi connectivity index (χ3v) is 3.53. The number of aromatic nitrogens is 2. The highest BCUT2D eigenvalue weighted by Crippen LogP contribution is 2.34. The van der Waals surface area contributed by atoms with Crippen molar-refractivity contribution >= 4 is 39.1 Å². The zero-order valence-corrected chi connectivity index (χ0v) is 13.3. The second-order valence-corrected chi connectivity index (χ2v) is 5.45. The van der Waals surface area contributed by atoms with E-state index in [1.54, 1.807) is 24.3 Å². The Balaban J connectivity index is 2.30. The highest BCUT2D eigenvalue weighted by atomic mass is 79.9. The molecule has 0 aliphatic carbocycles. The Hall–Kier alpha value is -0.840. The summed E-state index contributed by atoms with van der Waals surface area (Å²) in [7, 11) is 0. The Morgan fingerprint density at radius 2 is 2.05 bits per heavy atom. The van der Waals surface area contributed by atoms with Crippen molar-refractivity contribution in [1.29, 1.82) is 0 Å². The van der Waals surface area contributed by atoms with Gasteiger partial charge in [0.25, 0.3) is 0 Å². The lowest BCUT2D eigenvalue weighted by atomic mass is 10.3. The summed E-state index contributed by atoms with van der Waals surface area (Å²) in [4.78, 5) is 8.60. The molecule has 0 aliphatic heterocycles. The van der Waals surface area contributed by atoms with Gasteiger partial charge in [-0.25, -0.2) is 4.98 Å². The maximum Gasteiger partial charge on any atom is 0.223 e. The van der Waals surface area contributed by atoms with Gasteiger partial charge in [-0.15, -0.1) is 0 Å². The summed E-state index contributed by atoms with van der Waals surface area (Å²) in [6, 6.07) is 6.90. The molecule has 1 aromatic carbocycles. The number of rotatable bonds is 4. The highest BCUT2D eigenvalue weighted by Gasteiger charge is 2.09. The van der Waals surface area contributed by atoms with E-state index >= 15 is 0 Å². The number of benzene rings is 1. The fraction of sp³-hybridized carbons (Fsp3) is 0.231. The first kappa shape index (κ1) is 14.6. The summed E-state index contributed by atoms with van der Waals surface area (Å²) in [5.41, 5.74) is 0. The van der Waals surface area contributed by atoms with Crippen LogP contribution >= 0.6 is 39.1 Å². The monoisotopic (exact) mass is 360 g/mol. The first-order valence-electron chi connectivity index (χ1n) is 5.75. The number of hydrogen-bond donors (Lipinski definition) is 0. The third-order valence-electron chi connectivity index (χ3n) is 2.32. The molecule has 0 amide bonds. The van der Waals surface area contributed by atoms with Gasteiger partial charge in [-0.3, -0.25) is 0 Å². The van der Waals surface area contributed by atoms with Crippen molar-refractivity contribution in [2.45, 2.75) is 19.8 Å². The van der Waals surface area contributed by atoms with E-state index < -0.39 is 0 Å². The van der Waals surface area contributed by atoms with Gasteiger partial charge in [0.1, 0.15) is 21.2 Å². The summed E-state index contributed by atoms with van der Waals surface area (Å²) < 4.78 is 6.34. The van der Waals surface area contributed by atoms with Gasteiger partial charge < -0.3 is 4.74 Å². The quantitative estimate of drug-likeness (QED) is 0.694. The third kappa shape index (κ3) is 3.81. The van der Waals surface area contributed by atoms with Crippen LogP contribution < -0.4 is 4.74 Å². The molecule has 0 saturated carbocycles. The number of hydrogen-bond acceptors (Lipinski definition) is 3. The van der Waals surface area contributed by atoms with E-state index in [2.05, 4.69) is 32.8 Å². The highest BCUT2D eigenvalue weighted by molar-refractivity contribution is 9.10. The van der Waals surface area contributed by atoms with Crippen molar-refractivity contribution in [3.8, 4) is 11.6 Å². The second kappa shape index (κ2) is 6.55. The molecule has 1 heterocycles. The fourth-order valence-corrected chi connectivity index (χ4v) is 2.24. The van der Waals surface area contributed by atoms with Crippen LogP contribution in [0.15, 0.2) is 28.9 Å². The van der Waals surface area contributed by atoms with Crippen molar-refractivity contribution in [2.75, 3.05) is 0 Å². The predicted molar refractivity (Wildman–Crippen MR) is 80.3 cm³/mol. The van der Waals surface area contributed by atoms with Crippen molar-refractivity contribution < 1.29 is 4.74 Å². The molecule has 6 heteroatoms. The van der Waals surface area contributed by atoms with Crippen molar-refractivity contribution in [2.24, 2.45) is 0 Å². The molecule has 19 heavy (non-hydrogen) atoms. The number of ether oxygens (including phenoxy) is 1. The minimum Gasteiger partial charge on any atom is -0.437 e. The van der Waals surface area contributed by atoms with Crippen LogP contribution in [0.2, 0.25) is 10.0 Å². The molecule has 2 rings (SSSR count). The lowest BCUT2D eigenvalue weighted by Crippen LogP contribution is -1.98. The van der Waals surface area contributed by atoms with Crippen LogP contribution in [0.4, 0.5) is 0 Å². The van der Waals surface area contributed by atoms with Gasteiger partial charge >= 0.3 is 0 Å². The Morgan fingerprint density at radius 1 is 1.26 bits per heavy atom. The van der Waals surface area contributed by atoms with Gasteiger partial charge in [0, 0.05) is 12.5 Å². The van der Waals surface area contributed by atoms with Gasteiger partial charge in [0.15, 0.2) is 0 Å². The SMILES string of the molecule is CCCc1nc(Br)cc(Oc2cccc(Cl)c2Cl)n1. The summed E-state index contributed by atoms with van der Waals surface area (Å²) >= 11 is 15.3. The molecule has 0 atom stereocenters. The second-order valence-electron chi connectivity index (χ2n) is 3.85. The smallest absolute Gasteiger partial charge is 0.223 e. The molecule has 3 nitrogen and oxygen atoms in total. The molecule has 1 aromatic heterocycles. The number of aryl methyl sites for hydroxylation is 1. The molecule has 0 N–H and O–H groups in total. The average molecular weight is 362 g/mol. The lowest BCUT2D eigenvalue weighted by molar-refractivity contribution is 0.457. The van der Waals surface area contributed by atoms with E-state index in [1.165, 1.54) is 0 Å². The molecule has 2 aromatic rings. The van der Waals surface area contributed by atoms with Crippen LogP contribution in [-0.2, 0) is 6.42 Å². The topological polar surface area (TPSA) is 35.0 Å². The van der Waals surface area contributed by atoms with Gasteiger partial charge in [-0.2, -0.15) is 4.98 Å². The zero-order valence-electron chi connectivity index (χ0n) is 10.2. The largest absolute Gasteiger partial charge is 0.437 e. The number of halogens is 3. The molecular weight excluding hydrogens is 351 g/mol. The van der Waals surface area contributed by atoms with Gasteiger partial charge in [-0.1, -0.05) is 36.2 Å². The Kier molecular flexibility index (Phi) is 5.02. The summed E-state index contributed by atoms with van der Waals surface area (Å²) in [6.45, 7) is 2.07. The molecule has 0 unspecified atom stereocenters. The zero-order chi connectivity index (χ0) is 13.8. The van der Waals surface area contributed by atoms with E-state index in [0.717, 1.165) is 18.7 Å². The minimum absolute atomic E-state index is 0.371. The Bertz CT molecular complexity index is 593. The van der Waals surface area contributed by atoms with Crippen molar-refractivity contribution in [1.82, 2.24) is 9.97 Å². The minimum atomic E-state index is 0.371.